The average molecular weight is 296 g/mol. The number of piperidine rings is 1. The van der Waals surface area contributed by atoms with E-state index in [2.05, 4.69) is 31.6 Å². The molecule has 1 rings (SSSR count). The van der Waals surface area contributed by atoms with Gasteiger partial charge in [-0.3, -0.25) is 4.79 Å². The molecule has 1 saturated heterocycles. The van der Waals surface area contributed by atoms with E-state index in [0.717, 1.165) is 25.7 Å². The average Bonchev–Trinajstić information content (AvgIpc) is 2.28. The highest BCUT2D eigenvalue weighted by Gasteiger charge is 2.44. The third kappa shape index (κ3) is 4.46. The molecule has 0 unspecified atom stereocenters. The Morgan fingerprint density at radius 2 is 1.15 bits per heavy atom. The Hall–Kier alpha value is -1.12. The van der Waals surface area contributed by atoms with E-state index in [9.17, 15) is 4.79 Å². The van der Waals surface area contributed by atoms with Crippen LogP contribution in [-0.2, 0) is 4.79 Å². The van der Waals surface area contributed by atoms with Crippen LogP contribution >= 0.6 is 12.4 Å². The largest absolute Gasteiger partial charge is 0.304 e. The SMILES string of the molecule is C=CCC1(CC=C)CC(=O)CC(CC=C)(CC=C)N1.Cl. The number of halogens is 1. The predicted octanol–water partition coefficient (Wildman–Crippen LogP) is 4.14. The van der Waals surface area contributed by atoms with Gasteiger partial charge in [-0.25, -0.2) is 0 Å². The van der Waals surface area contributed by atoms with Gasteiger partial charge in [-0.15, -0.1) is 38.7 Å². The molecule has 20 heavy (non-hydrogen) atoms. The third-order valence-corrected chi connectivity index (χ3v) is 3.74. The molecule has 0 spiro atoms. The van der Waals surface area contributed by atoms with E-state index in [1.807, 2.05) is 24.3 Å². The first-order valence-electron chi connectivity index (χ1n) is 6.80. The van der Waals surface area contributed by atoms with Crippen LogP contribution in [0.3, 0.4) is 0 Å². The molecule has 0 atom stereocenters. The summed E-state index contributed by atoms with van der Waals surface area (Å²) < 4.78 is 0. The Labute approximate surface area is 129 Å². The normalized spacial score (nSPS) is 19.5. The molecule has 0 aliphatic carbocycles. The second kappa shape index (κ2) is 8.23. The third-order valence-electron chi connectivity index (χ3n) is 3.74. The Balaban J connectivity index is 0.00000361. The number of ketones is 1. The van der Waals surface area contributed by atoms with Crippen molar-refractivity contribution < 1.29 is 4.79 Å². The minimum atomic E-state index is -0.245. The number of Topliss-reactive ketones (excluding diaryl/α,β-unsaturated/α-hetero) is 1. The second-order valence-corrected chi connectivity index (χ2v) is 5.55. The zero-order valence-corrected chi connectivity index (χ0v) is 13.0. The van der Waals surface area contributed by atoms with Crippen LogP contribution < -0.4 is 5.32 Å². The lowest BCUT2D eigenvalue weighted by Crippen LogP contribution is -2.63. The summed E-state index contributed by atoms with van der Waals surface area (Å²) in [5, 5.41) is 3.71. The fourth-order valence-electron chi connectivity index (χ4n) is 3.23. The number of hydrogen-bond donors (Lipinski definition) is 1. The van der Waals surface area contributed by atoms with Crippen molar-refractivity contribution in [2.45, 2.75) is 49.6 Å². The molecule has 112 valence electrons. The minimum Gasteiger partial charge on any atom is -0.304 e. The number of carbonyl (C=O) groups is 1. The van der Waals surface area contributed by atoms with Crippen molar-refractivity contribution in [1.29, 1.82) is 0 Å². The van der Waals surface area contributed by atoms with Crippen LogP contribution in [0.4, 0.5) is 0 Å². The van der Waals surface area contributed by atoms with Gasteiger partial charge in [0.1, 0.15) is 5.78 Å². The maximum atomic E-state index is 12.2. The Kier molecular flexibility index (Phi) is 7.77. The van der Waals surface area contributed by atoms with Crippen molar-refractivity contribution in [1.82, 2.24) is 5.32 Å². The van der Waals surface area contributed by atoms with Crippen molar-refractivity contribution in [3.8, 4) is 0 Å². The first kappa shape index (κ1) is 18.9. The topological polar surface area (TPSA) is 29.1 Å². The van der Waals surface area contributed by atoms with Crippen molar-refractivity contribution in [3.63, 3.8) is 0 Å². The lowest BCUT2D eigenvalue weighted by atomic mass is 9.72. The summed E-state index contributed by atoms with van der Waals surface area (Å²) in [5.74, 6) is 0.297. The molecule has 1 fully saturated rings. The van der Waals surface area contributed by atoms with Crippen molar-refractivity contribution in [2.24, 2.45) is 0 Å². The first-order valence-corrected chi connectivity index (χ1v) is 6.80. The highest BCUT2D eigenvalue weighted by molar-refractivity contribution is 5.85. The standard InChI is InChI=1S/C17H25NO.ClH/c1-5-9-16(10-6-2)13-15(19)14-17(18-16,11-7-3)12-8-4;/h5-8,18H,1-4,9-14H2;1H. The summed E-state index contributed by atoms with van der Waals surface area (Å²) in [6, 6.07) is 0. The molecule has 1 heterocycles. The monoisotopic (exact) mass is 295 g/mol. The first-order chi connectivity index (χ1) is 9.05. The molecule has 1 N–H and O–H groups in total. The predicted molar refractivity (Wildman–Crippen MR) is 89.3 cm³/mol. The zero-order chi connectivity index (χ0) is 14.4. The maximum absolute atomic E-state index is 12.2. The summed E-state index contributed by atoms with van der Waals surface area (Å²) in [5.41, 5.74) is -0.490. The quantitative estimate of drug-likeness (QED) is 0.682. The summed E-state index contributed by atoms with van der Waals surface area (Å²) in [6.45, 7) is 15.3. The summed E-state index contributed by atoms with van der Waals surface area (Å²) in [7, 11) is 0. The van der Waals surface area contributed by atoms with Crippen molar-refractivity contribution in [2.75, 3.05) is 0 Å². The highest BCUT2D eigenvalue weighted by atomic mass is 35.5. The number of carbonyl (C=O) groups excluding carboxylic acids is 1. The molecule has 0 aromatic rings. The summed E-state index contributed by atoms with van der Waals surface area (Å²) >= 11 is 0. The Morgan fingerprint density at radius 3 is 1.40 bits per heavy atom. The molecule has 0 aromatic heterocycles. The van der Waals surface area contributed by atoms with Crippen LogP contribution in [0.2, 0.25) is 0 Å². The molecular formula is C17H26ClNO. The maximum Gasteiger partial charge on any atom is 0.136 e. The second-order valence-electron chi connectivity index (χ2n) is 5.55. The summed E-state index contributed by atoms with van der Waals surface area (Å²) in [4.78, 5) is 12.2. The number of hydrogen-bond acceptors (Lipinski definition) is 2. The molecule has 2 nitrogen and oxygen atoms in total. The van der Waals surface area contributed by atoms with Gasteiger partial charge in [0.2, 0.25) is 0 Å². The van der Waals surface area contributed by atoms with Gasteiger partial charge in [-0.2, -0.15) is 0 Å². The van der Waals surface area contributed by atoms with Gasteiger partial charge in [0, 0.05) is 23.9 Å². The van der Waals surface area contributed by atoms with Crippen LogP contribution in [0.25, 0.3) is 0 Å². The van der Waals surface area contributed by atoms with Crippen molar-refractivity contribution >= 4 is 18.2 Å². The van der Waals surface area contributed by atoms with Crippen LogP contribution in [0.5, 0.6) is 0 Å². The van der Waals surface area contributed by atoms with Crippen molar-refractivity contribution in [3.05, 3.63) is 50.6 Å². The molecule has 0 radical (unpaired) electrons. The van der Waals surface area contributed by atoms with Crippen LogP contribution in [0.15, 0.2) is 50.6 Å². The highest BCUT2D eigenvalue weighted by Crippen LogP contribution is 2.36. The van der Waals surface area contributed by atoms with Gasteiger partial charge in [0.25, 0.3) is 0 Å². The number of nitrogens with one attached hydrogen (secondary N) is 1. The molecule has 1 aliphatic heterocycles. The van der Waals surface area contributed by atoms with E-state index in [0.29, 0.717) is 18.6 Å². The molecule has 1 aliphatic rings. The molecule has 0 bridgehead atoms. The molecule has 0 saturated carbocycles. The Bertz CT molecular complexity index is 332. The van der Waals surface area contributed by atoms with E-state index in [1.165, 1.54) is 0 Å². The minimum absolute atomic E-state index is 0. The van der Waals surface area contributed by atoms with E-state index < -0.39 is 0 Å². The van der Waals surface area contributed by atoms with Gasteiger partial charge >= 0.3 is 0 Å². The lowest BCUT2D eigenvalue weighted by molar-refractivity contribution is -0.125. The van der Waals surface area contributed by atoms with Crippen LogP contribution in [0, 0.1) is 0 Å². The van der Waals surface area contributed by atoms with Gasteiger partial charge in [-0.1, -0.05) is 24.3 Å². The van der Waals surface area contributed by atoms with Gasteiger partial charge in [-0.05, 0) is 25.7 Å². The van der Waals surface area contributed by atoms with Gasteiger partial charge in [0.15, 0.2) is 0 Å². The zero-order valence-electron chi connectivity index (χ0n) is 12.2. The fraction of sp³-hybridized carbons (Fsp3) is 0.471. The Morgan fingerprint density at radius 1 is 0.850 bits per heavy atom. The molecular weight excluding hydrogens is 270 g/mol. The van der Waals surface area contributed by atoms with E-state index in [4.69, 9.17) is 0 Å². The molecule has 0 amide bonds. The van der Waals surface area contributed by atoms with Gasteiger partial charge in [0.05, 0.1) is 0 Å². The van der Waals surface area contributed by atoms with Crippen LogP contribution in [-0.4, -0.2) is 16.9 Å². The van der Waals surface area contributed by atoms with Gasteiger partial charge < -0.3 is 5.32 Å². The molecule has 3 heteroatoms. The summed E-state index contributed by atoms with van der Waals surface area (Å²) in [6.07, 6.45) is 11.7. The van der Waals surface area contributed by atoms with E-state index in [-0.39, 0.29) is 23.5 Å². The van der Waals surface area contributed by atoms with E-state index in [1.54, 1.807) is 0 Å². The van der Waals surface area contributed by atoms with Crippen LogP contribution in [0.1, 0.15) is 38.5 Å². The molecule has 0 aromatic carbocycles. The lowest BCUT2D eigenvalue weighted by Gasteiger charge is -2.48. The smallest absolute Gasteiger partial charge is 0.136 e. The van der Waals surface area contributed by atoms with E-state index >= 15 is 0 Å². The number of rotatable bonds is 8. The fourth-order valence-corrected chi connectivity index (χ4v) is 3.23.